The van der Waals surface area contributed by atoms with Crippen LogP contribution in [0.15, 0.2) is 0 Å². The first-order valence-corrected chi connectivity index (χ1v) is 5.31. The van der Waals surface area contributed by atoms with E-state index in [0.717, 1.165) is 0 Å². The third-order valence-electron chi connectivity index (χ3n) is 2.75. The molecule has 1 aromatic rings. The molecule has 4 N–H and O–H groups in total. The second kappa shape index (κ2) is 3.78. The summed E-state index contributed by atoms with van der Waals surface area (Å²) in [6.45, 7) is 1.78. The van der Waals surface area contributed by atoms with Gasteiger partial charge in [0.15, 0.2) is 5.82 Å². The Balaban J connectivity index is 2.01. The van der Waals surface area contributed by atoms with E-state index in [0.29, 0.717) is 18.7 Å². The number of thiocarbonyl (C=S) groups is 1. The van der Waals surface area contributed by atoms with Gasteiger partial charge in [0, 0.05) is 0 Å². The highest BCUT2D eigenvalue weighted by Crippen LogP contribution is 2.46. The number of carbonyl (C=O) groups is 1. The molecule has 8 heteroatoms. The van der Waals surface area contributed by atoms with Crippen LogP contribution in [-0.4, -0.2) is 31.5 Å². The molecule has 7 nitrogen and oxygen atoms in total. The van der Waals surface area contributed by atoms with Crippen molar-refractivity contribution in [2.75, 3.05) is 0 Å². The van der Waals surface area contributed by atoms with Gasteiger partial charge in [-0.15, -0.1) is 10.2 Å². The average Bonchev–Trinajstić information content (AvgIpc) is 2.87. The van der Waals surface area contributed by atoms with E-state index in [-0.39, 0.29) is 16.9 Å². The smallest absolute Gasteiger partial charge is 0.233 e. The largest absolute Gasteiger partial charge is 0.392 e. The fourth-order valence-electron chi connectivity index (χ4n) is 1.46. The molecular weight excluding hydrogens is 228 g/mol. The standard InChI is InChI=1S/C8H12N6OS/c1-4(5-11-13-14-12-5)10-7(15)8(2-3-8)6(9)16/h4H,2-3H2,1H3,(H2,9,16)(H,10,15)(H,11,12,13,14). The number of tetrazole rings is 1. The molecule has 0 saturated heterocycles. The summed E-state index contributed by atoms with van der Waals surface area (Å²) in [5.41, 5.74) is 4.90. The molecule has 2 rings (SSSR count). The Morgan fingerprint density at radius 2 is 2.38 bits per heavy atom. The molecule has 16 heavy (non-hydrogen) atoms. The van der Waals surface area contributed by atoms with Gasteiger partial charge < -0.3 is 11.1 Å². The minimum atomic E-state index is -0.646. The second-order valence-electron chi connectivity index (χ2n) is 3.91. The van der Waals surface area contributed by atoms with Crippen LogP contribution in [0.25, 0.3) is 0 Å². The number of H-pyrrole nitrogens is 1. The number of rotatable bonds is 4. The molecule has 1 aliphatic carbocycles. The number of aromatic nitrogens is 4. The Kier molecular flexibility index (Phi) is 2.58. The molecule has 0 spiro atoms. The molecule has 1 aromatic heterocycles. The van der Waals surface area contributed by atoms with Gasteiger partial charge in [0.25, 0.3) is 0 Å². The van der Waals surface area contributed by atoms with Crippen LogP contribution in [-0.2, 0) is 4.79 Å². The summed E-state index contributed by atoms with van der Waals surface area (Å²) in [7, 11) is 0. The minimum absolute atomic E-state index is 0.155. The van der Waals surface area contributed by atoms with Crippen molar-refractivity contribution in [3.63, 3.8) is 0 Å². The van der Waals surface area contributed by atoms with Crippen LogP contribution in [0.4, 0.5) is 0 Å². The van der Waals surface area contributed by atoms with Gasteiger partial charge in [-0.1, -0.05) is 17.4 Å². The molecule has 86 valence electrons. The summed E-state index contributed by atoms with van der Waals surface area (Å²) < 4.78 is 0. The normalized spacial score (nSPS) is 18.8. The fourth-order valence-corrected chi connectivity index (χ4v) is 1.76. The van der Waals surface area contributed by atoms with E-state index in [2.05, 4.69) is 25.9 Å². The maximum atomic E-state index is 11.9. The Hall–Kier alpha value is -1.57. The van der Waals surface area contributed by atoms with Gasteiger partial charge in [-0.3, -0.25) is 4.79 Å². The molecular formula is C8H12N6OS. The third kappa shape index (κ3) is 1.75. The Morgan fingerprint density at radius 1 is 1.69 bits per heavy atom. The van der Waals surface area contributed by atoms with Crippen molar-refractivity contribution >= 4 is 23.1 Å². The number of aromatic amines is 1. The van der Waals surface area contributed by atoms with E-state index in [4.69, 9.17) is 18.0 Å². The summed E-state index contributed by atoms with van der Waals surface area (Å²) in [5.74, 6) is 0.282. The van der Waals surface area contributed by atoms with Crippen LogP contribution in [0.2, 0.25) is 0 Å². The van der Waals surface area contributed by atoms with Crippen molar-refractivity contribution in [3.8, 4) is 0 Å². The molecule has 1 atom stereocenters. The molecule has 1 heterocycles. The Labute approximate surface area is 97.2 Å². The highest BCUT2D eigenvalue weighted by molar-refractivity contribution is 7.80. The van der Waals surface area contributed by atoms with Crippen molar-refractivity contribution in [2.24, 2.45) is 11.1 Å². The first-order chi connectivity index (χ1) is 7.56. The highest BCUT2D eigenvalue weighted by Gasteiger charge is 2.53. The molecule has 1 aliphatic rings. The van der Waals surface area contributed by atoms with Crippen LogP contribution in [0, 0.1) is 5.41 Å². The number of nitrogens with two attached hydrogens (primary N) is 1. The van der Waals surface area contributed by atoms with Gasteiger partial charge in [0.2, 0.25) is 5.91 Å². The monoisotopic (exact) mass is 240 g/mol. The number of hydrogen-bond donors (Lipinski definition) is 3. The predicted molar refractivity (Wildman–Crippen MR) is 59.2 cm³/mol. The van der Waals surface area contributed by atoms with Crippen molar-refractivity contribution in [1.29, 1.82) is 0 Å². The van der Waals surface area contributed by atoms with Gasteiger partial charge in [-0.25, -0.2) is 0 Å². The lowest BCUT2D eigenvalue weighted by atomic mass is 10.1. The zero-order valence-electron chi connectivity index (χ0n) is 8.73. The van der Waals surface area contributed by atoms with Crippen LogP contribution >= 0.6 is 12.2 Å². The quantitative estimate of drug-likeness (QED) is 0.609. The molecule has 1 amide bonds. The second-order valence-corrected chi connectivity index (χ2v) is 4.35. The molecule has 1 saturated carbocycles. The SMILES string of the molecule is CC(NC(=O)C1(C(N)=S)CC1)c1nn[nH]n1. The molecule has 0 bridgehead atoms. The number of nitrogens with one attached hydrogen (secondary N) is 2. The van der Waals surface area contributed by atoms with Crippen LogP contribution in [0.5, 0.6) is 0 Å². The summed E-state index contributed by atoms with van der Waals surface area (Å²) in [5, 5.41) is 16.1. The number of amides is 1. The van der Waals surface area contributed by atoms with Gasteiger partial charge in [-0.05, 0) is 19.8 Å². The summed E-state index contributed by atoms with van der Waals surface area (Å²) >= 11 is 4.89. The number of nitrogens with zero attached hydrogens (tertiary/aromatic N) is 3. The van der Waals surface area contributed by atoms with E-state index in [1.165, 1.54) is 0 Å². The molecule has 0 aromatic carbocycles. The van der Waals surface area contributed by atoms with Crippen molar-refractivity contribution in [2.45, 2.75) is 25.8 Å². The van der Waals surface area contributed by atoms with Crippen molar-refractivity contribution < 1.29 is 4.79 Å². The van der Waals surface area contributed by atoms with Gasteiger partial charge in [0.1, 0.15) is 0 Å². The first-order valence-electron chi connectivity index (χ1n) is 4.90. The zero-order chi connectivity index (χ0) is 11.8. The first kappa shape index (κ1) is 10.9. The topological polar surface area (TPSA) is 110 Å². The third-order valence-corrected chi connectivity index (χ3v) is 3.14. The lowest BCUT2D eigenvalue weighted by Gasteiger charge is -2.16. The van der Waals surface area contributed by atoms with Crippen LogP contribution < -0.4 is 11.1 Å². The van der Waals surface area contributed by atoms with Crippen molar-refractivity contribution in [3.05, 3.63) is 5.82 Å². The predicted octanol–water partition coefficient (Wildman–Crippen LogP) is -0.557. The lowest BCUT2D eigenvalue weighted by molar-refractivity contribution is -0.124. The summed E-state index contributed by atoms with van der Waals surface area (Å²) in [6.07, 6.45) is 1.43. The molecule has 0 radical (unpaired) electrons. The van der Waals surface area contributed by atoms with Crippen LogP contribution in [0.1, 0.15) is 31.6 Å². The number of hydrogen-bond acceptors (Lipinski definition) is 5. The van der Waals surface area contributed by atoms with E-state index < -0.39 is 5.41 Å². The zero-order valence-corrected chi connectivity index (χ0v) is 9.54. The molecule has 0 aliphatic heterocycles. The lowest BCUT2D eigenvalue weighted by Crippen LogP contribution is -2.40. The van der Waals surface area contributed by atoms with E-state index >= 15 is 0 Å². The Bertz CT molecular complexity index is 412. The Morgan fingerprint density at radius 3 is 2.81 bits per heavy atom. The van der Waals surface area contributed by atoms with Crippen LogP contribution in [0.3, 0.4) is 0 Å². The van der Waals surface area contributed by atoms with E-state index in [1.807, 2.05) is 0 Å². The average molecular weight is 240 g/mol. The number of carbonyl (C=O) groups excluding carboxylic acids is 1. The van der Waals surface area contributed by atoms with Crippen molar-refractivity contribution in [1.82, 2.24) is 25.9 Å². The molecule has 1 fully saturated rings. The summed E-state index contributed by atoms with van der Waals surface area (Å²) in [6, 6.07) is -0.307. The molecule has 1 unspecified atom stereocenters. The van der Waals surface area contributed by atoms with E-state index in [9.17, 15) is 4.79 Å². The summed E-state index contributed by atoms with van der Waals surface area (Å²) in [4.78, 5) is 12.2. The van der Waals surface area contributed by atoms with Gasteiger partial charge in [-0.2, -0.15) is 5.21 Å². The maximum absolute atomic E-state index is 11.9. The fraction of sp³-hybridized carbons (Fsp3) is 0.625. The van der Waals surface area contributed by atoms with Gasteiger partial charge >= 0.3 is 0 Å². The van der Waals surface area contributed by atoms with Gasteiger partial charge in [0.05, 0.1) is 16.4 Å². The highest BCUT2D eigenvalue weighted by atomic mass is 32.1. The minimum Gasteiger partial charge on any atom is -0.392 e. The maximum Gasteiger partial charge on any atom is 0.233 e. The van der Waals surface area contributed by atoms with E-state index in [1.54, 1.807) is 6.92 Å².